The van der Waals surface area contributed by atoms with Crippen LogP contribution in [0.4, 0.5) is 4.39 Å². The first kappa shape index (κ1) is 14.0. The maximum atomic E-state index is 12.9. The van der Waals surface area contributed by atoms with E-state index in [1.807, 2.05) is 0 Å². The topological polar surface area (TPSA) is 61.7 Å². The molecule has 2 aromatic carbocycles. The van der Waals surface area contributed by atoms with E-state index < -0.39 is 11.7 Å². The molecule has 0 unspecified atom stereocenters. The van der Waals surface area contributed by atoms with Gasteiger partial charge in [-0.15, -0.1) is 0 Å². The summed E-state index contributed by atoms with van der Waals surface area (Å²) in [4.78, 5) is 11.7. The summed E-state index contributed by atoms with van der Waals surface area (Å²) in [5.74, 6) is -1.07. The second-order valence-electron chi connectivity index (χ2n) is 3.91. The van der Waals surface area contributed by atoms with Crippen molar-refractivity contribution >= 4 is 23.7 Å². The number of hydrogen-bond donors (Lipinski definition) is 2. The molecule has 0 radical (unpaired) electrons. The largest absolute Gasteiger partial charge is 0.507 e. The van der Waals surface area contributed by atoms with Gasteiger partial charge < -0.3 is 5.11 Å². The highest BCUT2D eigenvalue weighted by molar-refractivity contribution is 6.30. The Labute approximate surface area is 119 Å². The van der Waals surface area contributed by atoms with Crippen LogP contribution in [0.5, 0.6) is 5.75 Å². The lowest BCUT2D eigenvalue weighted by Gasteiger charge is -2.01. The standard InChI is InChI=1S/C14H10ClFN2O2/c15-11-4-5-13(19)10(6-11)8-17-18-14(20)9-2-1-3-12(16)7-9/h1-8,19H,(H,18,20)/b17-8+. The first-order valence-electron chi connectivity index (χ1n) is 5.64. The van der Waals surface area contributed by atoms with E-state index >= 15 is 0 Å². The maximum Gasteiger partial charge on any atom is 0.271 e. The number of carbonyl (C=O) groups is 1. The molecule has 20 heavy (non-hydrogen) atoms. The van der Waals surface area contributed by atoms with Crippen LogP contribution in [0.25, 0.3) is 0 Å². The van der Waals surface area contributed by atoms with Crippen molar-refractivity contribution < 1.29 is 14.3 Å². The highest BCUT2D eigenvalue weighted by Gasteiger charge is 2.05. The van der Waals surface area contributed by atoms with Crippen molar-refractivity contribution in [3.8, 4) is 5.75 Å². The summed E-state index contributed by atoms with van der Waals surface area (Å²) in [6, 6.07) is 9.67. The molecule has 2 N–H and O–H groups in total. The predicted molar refractivity (Wildman–Crippen MR) is 74.6 cm³/mol. The van der Waals surface area contributed by atoms with Gasteiger partial charge in [-0.25, -0.2) is 9.82 Å². The van der Waals surface area contributed by atoms with Crippen molar-refractivity contribution in [1.29, 1.82) is 0 Å². The Balaban J connectivity index is 2.06. The molecular weight excluding hydrogens is 283 g/mol. The summed E-state index contributed by atoms with van der Waals surface area (Å²) in [7, 11) is 0. The highest BCUT2D eigenvalue weighted by Crippen LogP contribution is 2.19. The average molecular weight is 293 g/mol. The van der Waals surface area contributed by atoms with Gasteiger partial charge in [-0.3, -0.25) is 4.79 Å². The van der Waals surface area contributed by atoms with Crippen molar-refractivity contribution in [3.63, 3.8) is 0 Å². The number of aromatic hydroxyl groups is 1. The zero-order chi connectivity index (χ0) is 14.5. The molecule has 0 aliphatic carbocycles. The minimum absolute atomic E-state index is 0.0156. The van der Waals surface area contributed by atoms with Crippen molar-refractivity contribution in [3.05, 3.63) is 64.4 Å². The number of nitrogens with zero attached hydrogens (tertiary/aromatic N) is 1. The first-order valence-corrected chi connectivity index (χ1v) is 6.01. The number of nitrogens with one attached hydrogen (secondary N) is 1. The predicted octanol–water partition coefficient (Wildman–Crippen LogP) is 2.95. The van der Waals surface area contributed by atoms with Gasteiger partial charge in [0.1, 0.15) is 11.6 Å². The van der Waals surface area contributed by atoms with E-state index in [9.17, 15) is 14.3 Å². The molecule has 0 bridgehead atoms. The van der Waals surface area contributed by atoms with Crippen LogP contribution >= 0.6 is 11.6 Å². The normalized spacial score (nSPS) is 10.7. The fourth-order valence-corrected chi connectivity index (χ4v) is 1.66. The van der Waals surface area contributed by atoms with E-state index in [1.165, 1.54) is 42.6 Å². The Bertz CT molecular complexity index is 674. The smallest absolute Gasteiger partial charge is 0.271 e. The number of rotatable bonds is 3. The molecule has 2 rings (SSSR count). The SMILES string of the molecule is O=C(N/N=C/c1cc(Cl)ccc1O)c1cccc(F)c1. The second kappa shape index (κ2) is 6.16. The summed E-state index contributed by atoms with van der Waals surface area (Å²) >= 11 is 5.77. The molecule has 102 valence electrons. The van der Waals surface area contributed by atoms with Crippen LogP contribution in [0.15, 0.2) is 47.6 Å². The number of carbonyl (C=O) groups excluding carboxylic acids is 1. The van der Waals surface area contributed by atoms with Crippen LogP contribution in [0.2, 0.25) is 5.02 Å². The third-order valence-corrected chi connectivity index (χ3v) is 2.68. The zero-order valence-corrected chi connectivity index (χ0v) is 10.9. The molecule has 2 aromatic rings. The molecule has 0 aliphatic heterocycles. The van der Waals surface area contributed by atoms with Gasteiger partial charge in [-0.2, -0.15) is 5.10 Å². The summed E-state index contributed by atoms with van der Waals surface area (Å²) in [5, 5.41) is 13.7. The van der Waals surface area contributed by atoms with E-state index in [-0.39, 0.29) is 11.3 Å². The summed E-state index contributed by atoms with van der Waals surface area (Å²) < 4.78 is 12.9. The number of phenolic OH excluding ortho intramolecular Hbond substituents is 1. The Morgan fingerprint density at radius 2 is 2.10 bits per heavy atom. The van der Waals surface area contributed by atoms with Gasteiger partial charge in [0.25, 0.3) is 5.91 Å². The number of halogens is 2. The fraction of sp³-hybridized carbons (Fsp3) is 0. The van der Waals surface area contributed by atoms with Crippen molar-refractivity contribution in [2.75, 3.05) is 0 Å². The first-order chi connectivity index (χ1) is 9.56. The average Bonchev–Trinajstić information content (AvgIpc) is 2.42. The van der Waals surface area contributed by atoms with Crippen molar-refractivity contribution in [1.82, 2.24) is 5.43 Å². The molecule has 0 heterocycles. The van der Waals surface area contributed by atoms with Crippen LogP contribution in [0, 0.1) is 5.82 Å². The quantitative estimate of drug-likeness (QED) is 0.675. The zero-order valence-electron chi connectivity index (χ0n) is 10.2. The number of hydrogen-bond acceptors (Lipinski definition) is 3. The fourth-order valence-electron chi connectivity index (χ4n) is 1.48. The molecule has 0 saturated heterocycles. The van der Waals surface area contributed by atoms with Gasteiger partial charge in [-0.1, -0.05) is 17.7 Å². The minimum atomic E-state index is -0.553. The molecule has 0 aliphatic rings. The Kier molecular flexibility index (Phi) is 4.32. The Hall–Kier alpha value is -2.40. The maximum absolute atomic E-state index is 12.9. The van der Waals surface area contributed by atoms with Gasteiger partial charge in [0.2, 0.25) is 0 Å². The lowest BCUT2D eigenvalue weighted by atomic mass is 10.2. The molecular formula is C14H10ClFN2O2. The monoisotopic (exact) mass is 292 g/mol. The molecule has 4 nitrogen and oxygen atoms in total. The number of hydrazone groups is 1. The van der Waals surface area contributed by atoms with Gasteiger partial charge >= 0.3 is 0 Å². The molecule has 0 fully saturated rings. The van der Waals surface area contributed by atoms with Gasteiger partial charge in [0.05, 0.1) is 6.21 Å². The number of benzene rings is 2. The van der Waals surface area contributed by atoms with E-state index in [0.29, 0.717) is 10.6 Å². The van der Waals surface area contributed by atoms with Gasteiger partial charge in [-0.05, 0) is 36.4 Å². The van der Waals surface area contributed by atoms with Gasteiger partial charge in [0, 0.05) is 16.1 Å². The van der Waals surface area contributed by atoms with E-state index in [2.05, 4.69) is 10.5 Å². The highest BCUT2D eigenvalue weighted by atomic mass is 35.5. The minimum Gasteiger partial charge on any atom is -0.507 e. The van der Waals surface area contributed by atoms with Crippen LogP contribution in [0.3, 0.4) is 0 Å². The lowest BCUT2D eigenvalue weighted by molar-refractivity contribution is 0.0954. The van der Waals surface area contributed by atoms with Crippen molar-refractivity contribution in [2.45, 2.75) is 0 Å². The van der Waals surface area contributed by atoms with Crippen molar-refractivity contribution in [2.24, 2.45) is 5.10 Å². The molecule has 0 spiro atoms. The summed E-state index contributed by atoms with van der Waals surface area (Å²) in [5.41, 5.74) is 2.74. The third-order valence-electron chi connectivity index (χ3n) is 2.45. The summed E-state index contributed by atoms with van der Waals surface area (Å²) in [6.07, 6.45) is 1.25. The van der Waals surface area contributed by atoms with E-state index in [4.69, 9.17) is 11.6 Å². The second-order valence-corrected chi connectivity index (χ2v) is 4.35. The molecule has 1 amide bonds. The van der Waals surface area contributed by atoms with Crippen LogP contribution < -0.4 is 5.43 Å². The molecule has 0 aromatic heterocycles. The van der Waals surface area contributed by atoms with E-state index in [1.54, 1.807) is 0 Å². The Morgan fingerprint density at radius 1 is 1.30 bits per heavy atom. The van der Waals surface area contributed by atoms with Crippen LogP contribution in [-0.4, -0.2) is 17.2 Å². The van der Waals surface area contributed by atoms with Crippen LogP contribution in [0.1, 0.15) is 15.9 Å². The lowest BCUT2D eigenvalue weighted by Crippen LogP contribution is -2.17. The van der Waals surface area contributed by atoms with E-state index in [0.717, 1.165) is 6.07 Å². The molecule has 0 atom stereocenters. The summed E-state index contributed by atoms with van der Waals surface area (Å²) in [6.45, 7) is 0. The Morgan fingerprint density at radius 3 is 2.85 bits per heavy atom. The third kappa shape index (κ3) is 3.55. The molecule has 0 saturated carbocycles. The van der Waals surface area contributed by atoms with Crippen LogP contribution in [-0.2, 0) is 0 Å². The van der Waals surface area contributed by atoms with Gasteiger partial charge in [0.15, 0.2) is 0 Å². The number of phenols is 1. The number of amides is 1. The molecule has 6 heteroatoms.